The number of sulfone groups is 1. The number of halogens is 1. The number of hydrogen-bond donors (Lipinski definition) is 1. The van der Waals surface area contributed by atoms with Crippen molar-refractivity contribution in [1.82, 2.24) is 4.72 Å². The normalized spacial score (nSPS) is 20.5. The van der Waals surface area contributed by atoms with E-state index in [0.717, 1.165) is 0 Å². The zero-order valence-electron chi connectivity index (χ0n) is 13.2. The summed E-state index contributed by atoms with van der Waals surface area (Å²) in [4.78, 5) is 0. The summed E-state index contributed by atoms with van der Waals surface area (Å²) in [6.07, 6.45) is 0.234. The Hall–Kier alpha value is -0.990. The molecule has 23 heavy (non-hydrogen) atoms. The molecule has 8 heteroatoms. The molecule has 1 aromatic rings. The lowest BCUT2D eigenvalue weighted by Crippen LogP contribution is -2.42. The highest BCUT2D eigenvalue weighted by Gasteiger charge is 2.34. The lowest BCUT2D eigenvalue weighted by molar-refractivity contribution is 0.455. The van der Waals surface area contributed by atoms with E-state index in [0.29, 0.717) is 5.56 Å². The van der Waals surface area contributed by atoms with Crippen LogP contribution in [0.4, 0.5) is 4.39 Å². The maximum absolute atomic E-state index is 13.1. The van der Waals surface area contributed by atoms with Gasteiger partial charge in [-0.3, -0.25) is 0 Å². The zero-order valence-corrected chi connectivity index (χ0v) is 14.8. The number of rotatable bonds is 5. The number of sulfonamides is 1. The molecule has 1 atom stereocenters. The first-order chi connectivity index (χ1) is 10.6. The van der Waals surface area contributed by atoms with Crippen molar-refractivity contribution in [3.05, 3.63) is 35.6 Å². The minimum absolute atomic E-state index is 0.0254. The predicted molar refractivity (Wildman–Crippen MR) is 87.7 cm³/mol. The van der Waals surface area contributed by atoms with Crippen molar-refractivity contribution in [2.24, 2.45) is 5.92 Å². The van der Waals surface area contributed by atoms with Gasteiger partial charge in [0.15, 0.2) is 0 Å². The van der Waals surface area contributed by atoms with E-state index in [1.807, 2.05) is 13.8 Å². The Morgan fingerprint density at radius 1 is 1.13 bits per heavy atom. The van der Waals surface area contributed by atoms with E-state index in [-0.39, 0.29) is 36.1 Å². The second-order valence-electron chi connectivity index (χ2n) is 6.29. The molecule has 0 unspecified atom stereocenters. The molecule has 0 aromatic heterocycles. The summed E-state index contributed by atoms with van der Waals surface area (Å²) >= 11 is 0. The maximum Gasteiger partial charge on any atom is 0.215 e. The first-order valence-corrected chi connectivity index (χ1v) is 10.9. The van der Waals surface area contributed by atoms with Crippen molar-refractivity contribution in [2.75, 3.05) is 11.5 Å². The summed E-state index contributed by atoms with van der Waals surface area (Å²) in [6.45, 7) is 3.75. The molecule has 1 saturated heterocycles. The van der Waals surface area contributed by atoms with Crippen molar-refractivity contribution in [3.63, 3.8) is 0 Å². The van der Waals surface area contributed by atoms with E-state index in [9.17, 15) is 21.2 Å². The highest BCUT2D eigenvalue weighted by Crippen LogP contribution is 2.26. The van der Waals surface area contributed by atoms with E-state index in [2.05, 4.69) is 4.72 Å². The fraction of sp³-hybridized carbons (Fsp3) is 0.600. The Labute approximate surface area is 137 Å². The molecule has 0 bridgehead atoms. The molecule has 2 rings (SSSR count). The van der Waals surface area contributed by atoms with Gasteiger partial charge in [-0.2, -0.15) is 0 Å². The Morgan fingerprint density at radius 3 is 2.13 bits per heavy atom. The second kappa shape index (κ2) is 6.86. The van der Waals surface area contributed by atoms with Crippen LogP contribution in [-0.4, -0.2) is 33.6 Å². The quantitative estimate of drug-likeness (QED) is 0.868. The molecule has 0 saturated carbocycles. The summed E-state index contributed by atoms with van der Waals surface area (Å²) in [5, 5.41) is -0.701. The largest absolute Gasteiger partial charge is 0.229 e. The smallest absolute Gasteiger partial charge is 0.215 e. The summed E-state index contributed by atoms with van der Waals surface area (Å²) in [5.41, 5.74) is 0.688. The molecular weight excluding hydrogens is 341 g/mol. The number of hydrogen-bond acceptors (Lipinski definition) is 4. The standard InChI is InChI=1S/C15H22FNO4S2/c1-11(2)15(12-3-5-13(16)6-4-12)17-23(20,21)14-7-9-22(18,19)10-8-14/h3-6,11,14-15,17H,7-10H2,1-2H3/t15-/m0/s1. The molecule has 1 aliphatic heterocycles. The van der Waals surface area contributed by atoms with Gasteiger partial charge < -0.3 is 0 Å². The first-order valence-electron chi connectivity index (χ1n) is 7.58. The van der Waals surface area contributed by atoms with Crippen molar-refractivity contribution in [2.45, 2.75) is 38.0 Å². The lowest BCUT2D eigenvalue weighted by atomic mass is 9.97. The summed E-state index contributed by atoms with van der Waals surface area (Å²) in [7, 11) is -6.76. The zero-order chi connectivity index (χ0) is 17.3. The van der Waals surface area contributed by atoms with Crippen molar-refractivity contribution in [3.8, 4) is 0 Å². The van der Waals surface area contributed by atoms with E-state index in [1.165, 1.54) is 12.1 Å². The van der Waals surface area contributed by atoms with Crippen LogP contribution < -0.4 is 4.72 Å². The average Bonchev–Trinajstić information content (AvgIpc) is 2.45. The fourth-order valence-corrected chi connectivity index (χ4v) is 6.31. The highest BCUT2D eigenvalue weighted by atomic mass is 32.2. The van der Waals surface area contributed by atoms with Crippen molar-refractivity contribution in [1.29, 1.82) is 0 Å². The minimum atomic E-state index is -3.64. The van der Waals surface area contributed by atoms with Crippen LogP contribution in [-0.2, 0) is 19.9 Å². The first kappa shape index (κ1) is 18.4. The molecule has 0 radical (unpaired) electrons. The molecule has 1 aliphatic rings. The average molecular weight is 363 g/mol. The van der Waals surface area contributed by atoms with Crippen LogP contribution in [0, 0.1) is 11.7 Å². The summed E-state index contributed by atoms with van der Waals surface area (Å²) in [6, 6.07) is 5.25. The molecule has 1 aromatic carbocycles. The van der Waals surface area contributed by atoms with Crippen LogP contribution in [0.1, 0.15) is 38.3 Å². The third kappa shape index (κ3) is 4.74. The molecule has 1 heterocycles. The van der Waals surface area contributed by atoms with E-state index in [1.54, 1.807) is 12.1 Å². The van der Waals surface area contributed by atoms with E-state index in [4.69, 9.17) is 0 Å². The van der Waals surface area contributed by atoms with Gasteiger partial charge in [-0.25, -0.2) is 25.9 Å². The number of nitrogens with one attached hydrogen (secondary N) is 1. The van der Waals surface area contributed by atoms with Crippen LogP contribution in [0.5, 0.6) is 0 Å². The molecule has 1 fully saturated rings. The van der Waals surface area contributed by atoms with Crippen LogP contribution >= 0.6 is 0 Å². The predicted octanol–water partition coefficient (Wildman–Crippen LogP) is 2.02. The van der Waals surface area contributed by atoms with Gasteiger partial charge in [0.2, 0.25) is 10.0 Å². The Kier molecular flexibility index (Phi) is 5.48. The van der Waals surface area contributed by atoms with Crippen molar-refractivity contribution >= 4 is 19.9 Å². The summed E-state index contributed by atoms with van der Waals surface area (Å²) < 4.78 is 63.8. The lowest BCUT2D eigenvalue weighted by Gasteiger charge is -2.28. The monoisotopic (exact) mass is 363 g/mol. The van der Waals surface area contributed by atoms with Gasteiger partial charge in [0.05, 0.1) is 16.8 Å². The van der Waals surface area contributed by atoms with Gasteiger partial charge in [-0.1, -0.05) is 26.0 Å². The molecule has 0 aliphatic carbocycles. The van der Waals surface area contributed by atoms with E-state index < -0.39 is 31.2 Å². The van der Waals surface area contributed by atoms with Gasteiger partial charge >= 0.3 is 0 Å². The molecular formula is C15H22FNO4S2. The van der Waals surface area contributed by atoms with Gasteiger partial charge in [-0.05, 0) is 36.5 Å². The fourth-order valence-electron chi connectivity index (χ4n) is 2.71. The van der Waals surface area contributed by atoms with Crippen LogP contribution in [0.2, 0.25) is 0 Å². The minimum Gasteiger partial charge on any atom is -0.229 e. The van der Waals surface area contributed by atoms with Gasteiger partial charge in [-0.15, -0.1) is 0 Å². The molecule has 130 valence electrons. The van der Waals surface area contributed by atoms with Crippen LogP contribution in [0.3, 0.4) is 0 Å². The van der Waals surface area contributed by atoms with Gasteiger partial charge in [0.25, 0.3) is 0 Å². The van der Waals surface area contributed by atoms with Crippen LogP contribution in [0.25, 0.3) is 0 Å². The Bertz CT molecular complexity index is 728. The number of benzene rings is 1. The maximum atomic E-state index is 13.1. The molecule has 1 N–H and O–H groups in total. The third-order valence-corrected chi connectivity index (χ3v) is 7.77. The van der Waals surface area contributed by atoms with Crippen molar-refractivity contribution < 1.29 is 21.2 Å². The SMILES string of the molecule is CC(C)[C@H](NS(=O)(=O)C1CCS(=O)(=O)CC1)c1ccc(F)cc1. The van der Waals surface area contributed by atoms with E-state index >= 15 is 0 Å². The van der Waals surface area contributed by atoms with Crippen LogP contribution in [0.15, 0.2) is 24.3 Å². The van der Waals surface area contributed by atoms with Gasteiger partial charge in [0.1, 0.15) is 15.7 Å². The topological polar surface area (TPSA) is 80.3 Å². The molecule has 0 spiro atoms. The van der Waals surface area contributed by atoms with Gasteiger partial charge in [0, 0.05) is 6.04 Å². The summed E-state index contributed by atoms with van der Waals surface area (Å²) in [5.74, 6) is -0.595. The Balaban J connectivity index is 2.17. The Morgan fingerprint density at radius 2 is 1.65 bits per heavy atom. The molecule has 5 nitrogen and oxygen atoms in total. The molecule has 0 amide bonds. The third-order valence-electron chi connectivity index (χ3n) is 4.13. The second-order valence-corrected chi connectivity index (χ2v) is 10.6. The highest BCUT2D eigenvalue weighted by molar-refractivity contribution is 7.92.